The van der Waals surface area contributed by atoms with Crippen molar-refractivity contribution in [2.45, 2.75) is 19.9 Å². The number of benzene rings is 1. The molecule has 1 amide bonds. The molecular formula is C12H16ClNO2. The van der Waals surface area contributed by atoms with Crippen LogP contribution in [0.3, 0.4) is 0 Å². The predicted octanol–water partition coefficient (Wildman–Crippen LogP) is 2.48. The molecule has 4 heteroatoms. The lowest BCUT2D eigenvalue weighted by molar-refractivity contribution is 0.0715. The Morgan fingerprint density at radius 2 is 2.06 bits per heavy atom. The summed E-state index contributed by atoms with van der Waals surface area (Å²) in [6.45, 7) is 4.32. The monoisotopic (exact) mass is 241 g/mol. The number of hydrogen-bond donors (Lipinski definition) is 1. The third-order valence-corrected chi connectivity index (χ3v) is 2.51. The van der Waals surface area contributed by atoms with Gasteiger partial charge in [0, 0.05) is 18.5 Å². The van der Waals surface area contributed by atoms with E-state index in [9.17, 15) is 9.90 Å². The topological polar surface area (TPSA) is 40.5 Å². The number of carbonyl (C=O) groups is 1. The molecular weight excluding hydrogens is 226 g/mol. The van der Waals surface area contributed by atoms with Crippen molar-refractivity contribution in [3.8, 4) is 5.75 Å². The van der Waals surface area contributed by atoms with Crippen molar-refractivity contribution in [2.75, 3.05) is 12.4 Å². The Kier molecular flexibility index (Phi) is 4.62. The van der Waals surface area contributed by atoms with E-state index >= 15 is 0 Å². The number of phenols is 1. The second-order valence-corrected chi connectivity index (χ2v) is 4.18. The molecule has 0 aliphatic heterocycles. The Bertz CT molecular complexity index is 366. The smallest absolute Gasteiger partial charge is 0.257 e. The fourth-order valence-corrected chi connectivity index (χ4v) is 1.68. The van der Waals surface area contributed by atoms with E-state index in [0.29, 0.717) is 18.0 Å². The van der Waals surface area contributed by atoms with Crippen LogP contribution in [0.5, 0.6) is 5.75 Å². The van der Waals surface area contributed by atoms with Gasteiger partial charge >= 0.3 is 0 Å². The first kappa shape index (κ1) is 12.8. The summed E-state index contributed by atoms with van der Waals surface area (Å²) >= 11 is 5.66. The highest BCUT2D eigenvalue weighted by Gasteiger charge is 2.20. The molecule has 1 aromatic carbocycles. The van der Waals surface area contributed by atoms with Crippen LogP contribution in [-0.2, 0) is 0 Å². The van der Waals surface area contributed by atoms with Gasteiger partial charge in [0.15, 0.2) is 0 Å². The molecule has 16 heavy (non-hydrogen) atoms. The highest BCUT2D eigenvalue weighted by Crippen LogP contribution is 2.18. The molecule has 1 rings (SSSR count). The summed E-state index contributed by atoms with van der Waals surface area (Å²) in [6, 6.07) is 6.60. The summed E-state index contributed by atoms with van der Waals surface area (Å²) in [5, 5.41) is 9.60. The number of nitrogens with zero attached hydrogens (tertiary/aromatic N) is 1. The van der Waals surface area contributed by atoms with E-state index in [-0.39, 0.29) is 17.7 Å². The third-order valence-electron chi connectivity index (χ3n) is 2.34. The first-order chi connectivity index (χ1) is 7.57. The summed E-state index contributed by atoms with van der Waals surface area (Å²) in [4.78, 5) is 13.7. The molecule has 0 aromatic heterocycles. The first-order valence-electron chi connectivity index (χ1n) is 5.23. The van der Waals surface area contributed by atoms with Crippen LogP contribution in [0.15, 0.2) is 24.3 Å². The first-order valence-corrected chi connectivity index (χ1v) is 5.76. The van der Waals surface area contributed by atoms with E-state index in [4.69, 9.17) is 11.6 Å². The minimum atomic E-state index is -0.186. The van der Waals surface area contributed by atoms with Gasteiger partial charge in [-0.1, -0.05) is 12.1 Å². The van der Waals surface area contributed by atoms with Crippen LogP contribution in [0.2, 0.25) is 0 Å². The van der Waals surface area contributed by atoms with Gasteiger partial charge in [-0.3, -0.25) is 4.79 Å². The summed E-state index contributed by atoms with van der Waals surface area (Å²) < 4.78 is 0. The van der Waals surface area contributed by atoms with Gasteiger partial charge in [-0.2, -0.15) is 0 Å². The van der Waals surface area contributed by atoms with Gasteiger partial charge in [0.25, 0.3) is 5.91 Å². The van der Waals surface area contributed by atoms with Crippen molar-refractivity contribution in [3.63, 3.8) is 0 Å². The second-order valence-electron chi connectivity index (χ2n) is 3.80. The summed E-state index contributed by atoms with van der Waals surface area (Å²) in [6.07, 6.45) is 0. The zero-order valence-corrected chi connectivity index (χ0v) is 10.2. The lowest BCUT2D eigenvalue weighted by Crippen LogP contribution is -2.38. The maximum Gasteiger partial charge on any atom is 0.257 e. The molecule has 1 aromatic rings. The molecule has 0 atom stereocenters. The number of amides is 1. The van der Waals surface area contributed by atoms with Crippen LogP contribution in [0.1, 0.15) is 24.2 Å². The Morgan fingerprint density at radius 1 is 1.44 bits per heavy atom. The SMILES string of the molecule is CC(C)N(CCCl)C(=O)c1ccccc1O. The highest BCUT2D eigenvalue weighted by atomic mass is 35.5. The molecule has 0 fully saturated rings. The van der Waals surface area contributed by atoms with Crippen LogP contribution < -0.4 is 0 Å². The number of halogens is 1. The number of hydrogen-bond acceptors (Lipinski definition) is 2. The van der Waals surface area contributed by atoms with Crippen LogP contribution in [0, 0.1) is 0 Å². The molecule has 0 aliphatic carbocycles. The Hall–Kier alpha value is -1.22. The molecule has 0 heterocycles. The zero-order valence-electron chi connectivity index (χ0n) is 9.48. The number of aromatic hydroxyl groups is 1. The van der Waals surface area contributed by atoms with Crippen molar-refractivity contribution >= 4 is 17.5 Å². The number of para-hydroxylation sites is 1. The predicted molar refractivity (Wildman–Crippen MR) is 65.0 cm³/mol. The number of carbonyl (C=O) groups excluding carboxylic acids is 1. The van der Waals surface area contributed by atoms with E-state index < -0.39 is 0 Å². The molecule has 0 radical (unpaired) electrons. The minimum absolute atomic E-state index is 0.00715. The quantitative estimate of drug-likeness (QED) is 0.823. The van der Waals surface area contributed by atoms with E-state index in [1.54, 1.807) is 23.1 Å². The largest absolute Gasteiger partial charge is 0.507 e. The van der Waals surface area contributed by atoms with Crippen molar-refractivity contribution in [1.82, 2.24) is 4.90 Å². The van der Waals surface area contributed by atoms with Crippen molar-refractivity contribution in [2.24, 2.45) is 0 Å². The molecule has 0 aliphatic rings. The molecule has 0 spiro atoms. The standard InChI is InChI=1S/C12H16ClNO2/c1-9(2)14(8-7-13)12(16)10-5-3-4-6-11(10)15/h3-6,9,15H,7-8H2,1-2H3. The van der Waals surface area contributed by atoms with Crippen molar-refractivity contribution in [3.05, 3.63) is 29.8 Å². The van der Waals surface area contributed by atoms with Crippen LogP contribution >= 0.6 is 11.6 Å². The van der Waals surface area contributed by atoms with E-state index in [2.05, 4.69) is 0 Å². The second kappa shape index (κ2) is 5.75. The fraction of sp³-hybridized carbons (Fsp3) is 0.417. The Balaban J connectivity index is 2.95. The fourth-order valence-electron chi connectivity index (χ4n) is 1.49. The Labute approximate surface area is 101 Å². The van der Waals surface area contributed by atoms with Gasteiger partial charge in [0.05, 0.1) is 5.56 Å². The third kappa shape index (κ3) is 2.89. The molecule has 1 N–H and O–H groups in total. The maximum absolute atomic E-state index is 12.1. The lowest BCUT2D eigenvalue weighted by atomic mass is 10.1. The molecule has 0 saturated heterocycles. The number of rotatable bonds is 4. The van der Waals surface area contributed by atoms with Gasteiger partial charge < -0.3 is 10.0 Å². The normalized spacial score (nSPS) is 10.5. The Morgan fingerprint density at radius 3 is 2.56 bits per heavy atom. The lowest BCUT2D eigenvalue weighted by Gasteiger charge is -2.26. The summed E-state index contributed by atoms with van der Waals surface area (Å²) in [5.74, 6) is 0.207. The molecule has 0 saturated carbocycles. The van der Waals surface area contributed by atoms with Gasteiger partial charge in [0.1, 0.15) is 5.75 Å². The minimum Gasteiger partial charge on any atom is -0.507 e. The van der Waals surface area contributed by atoms with Crippen LogP contribution in [-0.4, -0.2) is 34.4 Å². The van der Waals surface area contributed by atoms with E-state index in [1.165, 1.54) is 6.07 Å². The van der Waals surface area contributed by atoms with E-state index in [0.717, 1.165) is 0 Å². The van der Waals surface area contributed by atoms with Gasteiger partial charge in [0.2, 0.25) is 0 Å². The zero-order chi connectivity index (χ0) is 12.1. The van der Waals surface area contributed by atoms with Crippen LogP contribution in [0.25, 0.3) is 0 Å². The molecule has 0 bridgehead atoms. The van der Waals surface area contributed by atoms with Crippen LogP contribution in [0.4, 0.5) is 0 Å². The number of phenolic OH excluding ortho intramolecular Hbond substituents is 1. The van der Waals surface area contributed by atoms with Gasteiger partial charge in [-0.15, -0.1) is 11.6 Å². The summed E-state index contributed by atoms with van der Waals surface area (Å²) in [7, 11) is 0. The maximum atomic E-state index is 12.1. The molecule has 0 unspecified atom stereocenters. The van der Waals surface area contributed by atoms with Crippen molar-refractivity contribution < 1.29 is 9.90 Å². The number of alkyl halides is 1. The average molecular weight is 242 g/mol. The van der Waals surface area contributed by atoms with Gasteiger partial charge in [-0.25, -0.2) is 0 Å². The summed E-state index contributed by atoms with van der Waals surface area (Å²) in [5.41, 5.74) is 0.321. The van der Waals surface area contributed by atoms with Gasteiger partial charge in [-0.05, 0) is 26.0 Å². The molecule has 88 valence electrons. The molecule has 3 nitrogen and oxygen atoms in total. The average Bonchev–Trinajstić information content (AvgIpc) is 2.25. The highest BCUT2D eigenvalue weighted by molar-refractivity contribution is 6.18. The van der Waals surface area contributed by atoms with Crippen molar-refractivity contribution in [1.29, 1.82) is 0 Å². The van der Waals surface area contributed by atoms with E-state index in [1.807, 2.05) is 13.8 Å².